The smallest absolute Gasteiger partial charge is 0.265 e. The van der Waals surface area contributed by atoms with Gasteiger partial charge in [-0.1, -0.05) is 39.5 Å². The van der Waals surface area contributed by atoms with Crippen LogP contribution in [-0.4, -0.2) is 14.7 Å². The molecule has 0 amide bonds. The Morgan fingerprint density at radius 2 is 2.14 bits per heavy atom. The first-order valence-electron chi connectivity index (χ1n) is 7.75. The number of nitrogens with zero attached hydrogens (tertiary/aromatic N) is 3. The summed E-state index contributed by atoms with van der Waals surface area (Å²) in [5.41, 5.74) is 1.10. The standard InChI is InChI=1S/C16H23N3O2/c1-3-5-6-7-13(4-2)12-18-16-9-8-15(19(20)21)10-14(16)11-17-18/h8-11,13H,3-7,12H2,1-2H3. The van der Waals surface area contributed by atoms with Gasteiger partial charge in [-0.2, -0.15) is 5.10 Å². The fourth-order valence-corrected chi connectivity index (χ4v) is 2.69. The van der Waals surface area contributed by atoms with E-state index in [0.717, 1.165) is 23.9 Å². The van der Waals surface area contributed by atoms with Crippen molar-refractivity contribution in [1.82, 2.24) is 9.78 Å². The highest BCUT2D eigenvalue weighted by Crippen LogP contribution is 2.23. The second kappa shape index (κ2) is 7.20. The number of unbranched alkanes of at least 4 members (excludes halogenated alkanes) is 2. The van der Waals surface area contributed by atoms with E-state index in [-0.39, 0.29) is 10.6 Å². The van der Waals surface area contributed by atoms with Crippen molar-refractivity contribution in [2.24, 2.45) is 5.92 Å². The van der Waals surface area contributed by atoms with Crippen LogP contribution in [-0.2, 0) is 6.54 Å². The topological polar surface area (TPSA) is 61.0 Å². The molecule has 5 nitrogen and oxygen atoms in total. The van der Waals surface area contributed by atoms with Gasteiger partial charge in [-0.05, 0) is 18.4 Å². The van der Waals surface area contributed by atoms with Gasteiger partial charge in [0.1, 0.15) is 0 Å². The molecule has 114 valence electrons. The van der Waals surface area contributed by atoms with E-state index in [1.807, 2.05) is 4.68 Å². The van der Waals surface area contributed by atoms with E-state index in [4.69, 9.17) is 0 Å². The van der Waals surface area contributed by atoms with E-state index >= 15 is 0 Å². The molecule has 5 heteroatoms. The molecule has 0 fully saturated rings. The van der Waals surface area contributed by atoms with Crippen LogP contribution in [0, 0.1) is 16.0 Å². The minimum atomic E-state index is -0.365. The molecule has 0 spiro atoms. The molecule has 0 N–H and O–H groups in total. The van der Waals surface area contributed by atoms with Gasteiger partial charge in [0.15, 0.2) is 0 Å². The SMILES string of the molecule is CCCCCC(CC)Cn1ncc2cc([N+](=O)[O-])ccc21. The van der Waals surface area contributed by atoms with Gasteiger partial charge in [-0.3, -0.25) is 14.8 Å². The lowest BCUT2D eigenvalue weighted by molar-refractivity contribution is -0.384. The third kappa shape index (κ3) is 3.80. The van der Waals surface area contributed by atoms with Crippen molar-refractivity contribution in [1.29, 1.82) is 0 Å². The fourth-order valence-electron chi connectivity index (χ4n) is 2.69. The quantitative estimate of drug-likeness (QED) is 0.407. The van der Waals surface area contributed by atoms with Crippen LogP contribution in [0.15, 0.2) is 24.4 Å². The van der Waals surface area contributed by atoms with E-state index in [1.165, 1.54) is 25.7 Å². The second-order valence-electron chi connectivity index (χ2n) is 5.60. The summed E-state index contributed by atoms with van der Waals surface area (Å²) >= 11 is 0. The van der Waals surface area contributed by atoms with Gasteiger partial charge < -0.3 is 0 Å². The molecule has 0 saturated heterocycles. The maximum atomic E-state index is 10.8. The lowest BCUT2D eigenvalue weighted by Crippen LogP contribution is -2.11. The summed E-state index contributed by atoms with van der Waals surface area (Å²) in [4.78, 5) is 10.4. The van der Waals surface area contributed by atoms with Crippen LogP contribution in [0.25, 0.3) is 10.9 Å². The summed E-state index contributed by atoms with van der Waals surface area (Å²) < 4.78 is 1.99. The van der Waals surface area contributed by atoms with E-state index in [1.54, 1.807) is 24.4 Å². The van der Waals surface area contributed by atoms with Crippen LogP contribution in [0.3, 0.4) is 0 Å². The molecule has 2 aromatic rings. The molecule has 0 saturated carbocycles. The third-order valence-electron chi connectivity index (χ3n) is 4.06. The van der Waals surface area contributed by atoms with Crippen molar-refractivity contribution in [3.05, 3.63) is 34.5 Å². The fraction of sp³-hybridized carbons (Fsp3) is 0.562. The highest BCUT2D eigenvalue weighted by atomic mass is 16.6. The Kier molecular flexibility index (Phi) is 5.31. The number of nitro benzene ring substituents is 1. The summed E-state index contributed by atoms with van der Waals surface area (Å²) in [5, 5.41) is 16.0. The summed E-state index contributed by atoms with van der Waals surface area (Å²) in [6.45, 7) is 5.32. The Bertz CT molecular complexity index is 607. The molecule has 1 unspecified atom stereocenters. The maximum Gasteiger partial charge on any atom is 0.270 e. The molecule has 0 aliphatic rings. The van der Waals surface area contributed by atoms with E-state index in [2.05, 4.69) is 18.9 Å². The zero-order valence-electron chi connectivity index (χ0n) is 12.8. The van der Waals surface area contributed by atoms with Crippen molar-refractivity contribution < 1.29 is 4.92 Å². The van der Waals surface area contributed by atoms with Crippen LogP contribution in [0.2, 0.25) is 0 Å². The molecule has 0 bridgehead atoms. The maximum absolute atomic E-state index is 10.8. The first-order valence-corrected chi connectivity index (χ1v) is 7.75. The Hall–Kier alpha value is -1.91. The van der Waals surface area contributed by atoms with Crippen molar-refractivity contribution in [3.8, 4) is 0 Å². The summed E-state index contributed by atoms with van der Waals surface area (Å²) in [6.07, 6.45) is 7.87. The third-order valence-corrected chi connectivity index (χ3v) is 4.06. The molecule has 1 aromatic heterocycles. The lowest BCUT2D eigenvalue weighted by Gasteiger charge is -2.15. The molecule has 0 aliphatic carbocycles. The Morgan fingerprint density at radius 1 is 1.33 bits per heavy atom. The molecule has 1 aromatic carbocycles. The first kappa shape index (κ1) is 15.5. The molecule has 0 aliphatic heterocycles. The average Bonchev–Trinajstić information content (AvgIpc) is 2.88. The zero-order chi connectivity index (χ0) is 15.2. The molecule has 1 atom stereocenters. The van der Waals surface area contributed by atoms with Crippen molar-refractivity contribution in [3.63, 3.8) is 0 Å². The molecular formula is C16H23N3O2. The van der Waals surface area contributed by atoms with Gasteiger partial charge in [-0.25, -0.2) is 0 Å². The van der Waals surface area contributed by atoms with Crippen LogP contribution in [0.5, 0.6) is 0 Å². The number of benzene rings is 1. The minimum absolute atomic E-state index is 0.122. The molecule has 21 heavy (non-hydrogen) atoms. The van der Waals surface area contributed by atoms with Gasteiger partial charge in [0, 0.05) is 24.1 Å². The summed E-state index contributed by atoms with van der Waals surface area (Å²) in [5.74, 6) is 0.620. The largest absolute Gasteiger partial charge is 0.270 e. The average molecular weight is 289 g/mol. The minimum Gasteiger partial charge on any atom is -0.265 e. The molecular weight excluding hydrogens is 266 g/mol. The second-order valence-corrected chi connectivity index (χ2v) is 5.60. The van der Waals surface area contributed by atoms with Crippen molar-refractivity contribution >= 4 is 16.6 Å². The number of aromatic nitrogens is 2. The highest BCUT2D eigenvalue weighted by Gasteiger charge is 2.13. The van der Waals surface area contributed by atoms with Crippen LogP contribution >= 0.6 is 0 Å². The summed E-state index contributed by atoms with van der Waals surface area (Å²) in [6, 6.07) is 4.95. The van der Waals surface area contributed by atoms with Gasteiger partial charge >= 0.3 is 0 Å². The van der Waals surface area contributed by atoms with Crippen LogP contribution in [0.1, 0.15) is 46.0 Å². The number of non-ortho nitro benzene ring substituents is 1. The Morgan fingerprint density at radius 3 is 2.81 bits per heavy atom. The van der Waals surface area contributed by atoms with E-state index < -0.39 is 0 Å². The van der Waals surface area contributed by atoms with Crippen LogP contribution in [0.4, 0.5) is 5.69 Å². The first-order chi connectivity index (χ1) is 10.2. The van der Waals surface area contributed by atoms with Crippen LogP contribution < -0.4 is 0 Å². The number of hydrogen-bond donors (Lipinski definition) is 0. The number of fused-ring (bicyclic) bond motifs is 1. The Labute approximate surface area is 125 Å². The molecule has 2 rings (SSSR count). The molecule has 1 heterocycles. The highest BCUT2D eigenvalue weighted by molar-refractivity contribution is 5.81. The van der Waals surface area contributed by atoms with E-state index in [9.17, 15) is 10.1 Å². The number of hydrogen-bond acceptors (Lipinski definition) is 3. The number of rotatable bonds is 8. The van der Waals surface area contributed by atoms with Gasteiger partial charge in [0.2, 0.25) is 0 Å². The number of nitro groups is 1. The normalized spacial score (nSPS) is 12.7. The van der Waals surface area contributed by atoms with Gasteiger partial charge in [-0.15, -0.1) is 0 Å². The van der Waals surface area contributed by atoms with Gasteiger partial charge in [0.25, 0.3) is 5.69 Å². The van der Waals surface area contributed by atoms with Crippen molar-refractivity contribution in [2.75, 3.05) is 0 Å². The summed E-state index contributed by atoms with van der Waals surface area (Å²) in [7, 11) is 0. The Balaban J connectivity index is 2.12. The van der Waals surface area contributed by atoms with E-state index in [0.29, 0.717) is 5.92 Å². The molecule has 0 radical (unpaired) electrons. The van der Waals surface area contributed by atoms with Crippen molar-refractivity contribution in [2.45, 2.75) is 52.5 Å². The predicted octanol–water partition coefficient (Wildman–Crippen LogP) is 4.55. The monoisotopic (exact) mass is 289 g/mol. The predicted molar refractivity (Wildman–Crippen MR) is 84.3 cm³/mol. The van der Waals surface area contributed by atoms with Gasteiger partial charge in [0.05, 0.1) is 16.6 Å². The zero-order valence-corrected chi connectivity index (χ0v) is 12.8. The lowest BCUT2D eigenvalue weighted by atomic mass is 9.98.